The molecule has 2 aromatic carbocycles. The molecule has 2 aromatic heterocycles. The maximum Gasteiger partial charge on any atom is 0.232 e. The van der Waals surface area contributed by atoms with Crippen LogP contribution in [0.5, 0.6) is 0 Å². The number of anilines is 1. The Morgan fingerprint density at radius 1 is 1.23 bits per heavy atom. The first-order chi connectivity index (χ1) is 14.9. The third-order valence-electron chi connectivity index (χ3n) is 5.75. The number of nitrogens with one attached hydrogen (secondary N) is 1. The predicted octanol–water partition coefficient (Wildman–Crippen LogP) is 6.17. The molecule has 1 amide bonds. The first kappa shape index (κ1) is 21.2. The molecule has 4 rings (SSSR count). The van der Waals surface area contributed by atoms with Gasteiger partial charge in [0, 0.05) is 17.0 Å². The van der Waals surface area contributed by atoms with Gasteiger partial charge in [-0.1, -0.05) is 33.3 Å². The van der Waals surface area contributed by atoms with E-state index < -0.39 is 5.41 Å². The highest BCUT2D eigenvalue weighted by molar-refractivity contribution is 7.13. The summed E-state index contributed by atoms with van der Waals surface area (Å²) in [7, 11) is 0. The van der Waals surface area contributed by atoms with E-state index >= 15 is 0 Å². The van der Waals surface area contributed by atoms with Gasteiger partial charge in [-0.05, 0) is 54.3 Å². The van der Waals surface area contributed by atoms with Crippen molar-refractivity contribution in [3.8, 4) is 5.69 Å². The fraction of sp³-hybridized carbons (Fsp3) is 0.292. The number of rotatable bonds is 7. The monoisotopic (exact) mass is 436 g/mol. The van der Waals surface area contributed by atoms with E-state index in [0.29, 0.717) is 5.13 Å². The van der Waals surface area contributed by atoms with Crippen LogP contribution in [0.25, 0.3) is 16.6 Å². The molecule has 0 spiro atoms. The maximum absolute atomic E-state index is 13.3. The summed E-state index contributed by atoms with van der Waals surface area (Å²) in [6, 6.07) is 12.5. The summed E-state index contributed by atoms with van der Waals surface area (Å²) in [5.74, 6) is -0.276. The first-order valence-electron chi connectivity index (χ1n) is 10.3. The normalized spacial score (nSPS) is 12.8. The van der Waals surface area contributed by atoms with Crippen LogP contribution in [0.1, 0.15) is 45.1 Å². The molecule has 1 atom stereocenters. The molecule has 1 N–H and O–H groups in total. The van der Waals surface area contributed by atoms with E-state index in [1.165, 1.54) is 23.5 Å². The quantitative estimate of drug-likeness (QED) is 0.377. The van der Waals surface area contributed by atoms with Crippen LogP contribution in [0.4, 0.5) is 9.52 Å². The summed E-state index contributed by atoms with van der Waals surface area (Å²) in [5, 5.41) is 10.9. The van der Waals surface area contributed by atoms with E-state index in [2.05, 4.69) is 34.5 Å². The molecule has 0 aliphatic carbocycles. The van der Waals surface area contributed by atoms with Crippen LogP contribution in [0, 0.1) is 11.2 Å². The number of nitrogens with zero attached hydrogens (tertiary/aromatic N) is 3. The molecule has 0 fully saturated rings. The molecule has 1 unspecified atom stereocenters. The molecule has 0 saturated heterocycles. The number of fused-ring (bicyclic) bond motifs is 1. The summed E-state index contributed by atoms with van der Waals surface area (Å²) in [4.78, 5) is 17.3. The average molecular weight is 437 g/mol. The van der Waals surface area contributed by atoms with Gasteiger partial charge in [0.2, 0.25) is 5.91 Å². The van der Waals surface area contributed by atoms with Gasteiger partial charge in [-0.15, -0.1) is 11.3 Å². The zero-order valence-electron chi connectivity index (χ0n) is 17.8. The molecule has 4 aromatic rings. The lowest BCUT2D eigenvalue weighted by molar-refractivity contribution is -0.125. The molecule has 160 valence electrons. The van der Waals surface area contributed by atoms with E-state index in [9.17, 15) is 9.18 Å². The molecule has 2 heterocycles. The Bertz CT molecular complexity index is 1180. The van der Waals surface area contributed by atoms with Crippen molar-refractivity contribution in [2.45, 2.75) is 39.5 Å². The van der Waals surface area contributed by atoms with Gasteiger partial charge in [-0.3, -0.25) is 4.79 Å². The zero-order valence-corrected chi connectivity index (χ0v) is 18.6. The highest BCUT2D eigenvalue weighted by Gasteiger charge is 2.37. The number of carbonyl (C=O) groups excluding carboxylic acids is 1. The number of aromatic nitrogens is 3. The third-order valence-corrected chi connectivity index (χ3v) is 6.44. The van der Waals surface area contributed by atoms with Gasteiger partial charge in [0.15, 0.2) is 5.13 Å². The van der Waals surface area contributed by atoms with Gasteiger partial charge >= 0.3 is 0 Å². The smallest absolute Gasteiger partial charge is 0.232 e. The van der Waals surface area contributed by atoms with Gasteiger partial charge in [-0.2, -0.15) is 5.10 Å². The second-order valence-electron chi connectivity index (χ2n) is 8.21. The van der Waals surface area contributed by atoms with Gasteiger partial charge in [-0.25, -0.2) is 14.1 Å². The second kappa shape index (κ2) is 8.59. The standard InChI is InChI=1S/C24H25FN4OS/c1-4-5-20(24(2,3)22(30)28-23-26-12-13-31-23)16-6-11-21-17(14-16)15-27-29(21)19-9-7-18(25)8-10-19/h6-15,20H,4-5H2,1-3H3,(H,26,28,30). The van der Waals surface area contributed by atoms with Crippen LogP contribution in [0.3, 0.4) is 0 Å². The molecule has 0 saturated carbocycles. The average Bonchev–Trinajstić information content (AvgIpc) is 3.42. The van der Waals surface area contributed by atoms with Crippen molar-refractivity contribution in [3.05, 3.63) is 71.6 Å². The van der Waals surface area contributed by atoms with Crippen molar-refractivity contribution in [3.63, 3.8) is 0 Å². The van der Waals surface area contributed by atoms with Gasteiger partial charge in [0.25, 0.3) is 0 Å². The Morgan fingerprint density at radius 3 is 2.68 bits per heavy atom. The lowest BCUT2D eigenvalue weighted by atomic mass is 9.72. The second-order valence-corrected chi connectivity index (χ2v) is 9.10. The summed E-state index contributed by atoms with van der Waals surface area (Å²) in [6.07, 6.45) is 5.35. The topological polar surface area (TPSA) is 59.8 Å². The highest BCUT2D eigenvalue weighted by atomic mass is 32.1. The Kier molecular flexibility index (Phi) is 5.87. The minimum atomic E-state index is -0.623. The fourth-order valence-corrected chi connectivity index (χ4v) is 4.51. The van der Waals surface area contributed by atoms with E-state index in [0.717, 1.165) is 35.0 Å². The Labute approximate surface area is 184 Å². The lowest BCUT2D eigenvalue weighted by Crippen LogP contribution is -2.36. The minimum Gasteiger partial charge on any atom is -0.301 e. The Morgan fingerprint density at radius 2 is 2.00 bits per heavy atom. The van der Waals surface area contributed by atoms with Crippen molar-refractivity contribution in [2.75, 3.05) is 5.32 Å². The summed E-state index contributed by atoms with van der Waals surface area (Å²) in [5.41, 5.74) is 2.22. The number of thiazole rings is 1. The van der Waals surface area contributed by atoms with Crippen LogP contribution in [0.15, 0.2) is 60.2 Å². The molecule has 0 radical (unpaired) electrons. The van der Waals surface area contributed by atoms with Crippen molar-refractivity contribution in [1.82, 2.24) is 14.8 Å². The van der Waals surface area contributed by atoms with Crippen molar-refractivity contribution < 1.29 is 9.18 Å². The summed E-state index contributed by atoms with van der Waals surface area (Å²) < 4.78 is 15.1. The number of carbonyl (C=O) groups is 1. The van der Waals surface area contributed by atoms with E-state index in [1.807, 2.05) is 31.5 Å². The number of hydrogen-bond donors (Lipinski definition) is 1. The molecule has 31 heavy (non-hydrogen) atoms. The molecule has 0 aliphatic rings. The Hall–Kier alpha value is -3.06. The SMILES string of the molecule is CCCC(c1ccc2c(cnn2-c2ccc(F)cc2)c1)C(C)(C)C(=O)Nc1nccs1. The predicted molar refractivity (Wildman–Crippen MR) is 123 cm³/mol. The van der Waals surface area contributed by atoms with Crippen molar-refractivity contribution in [2.24, 2.45) is 5.41 Å². The fourth-order valence-electron chi connectivity index (χ4n) is 3.99. The van der Waals surface area contributed by atoms with Crippen molar-refractivity contribution in [1.29, 1.82) is 0 Å². The molecular formula is C24H25FN4OS. The van der Waals surface area contributed by atoms with Crippen LogP contribution in [-0.2, 0) is 4.79 Å². The van der Waals surface area contributed by atoms with E-state index in [-0.39, 0.29) is 17.6 Å². The first-order valence-corrected chi connectivity index (χ1v) is 11.2. The lowest BCUT2D eigenvalue weighted by Gasteiger charge is -2.33. The number of benzene rings is 2. The minimum absolute atomic E-state index is 0.0380. The molecule has 7 heteroatoms. The summed E-state index contributed by atoms with van der Waals surface area (Å²) in [6.45, 7) is 6.11. The van der Waals surface area contributed by atoms with Crippen LogP contribution >= 0.6 is 11.3 Å². The number of halogens is 1. The zero-order chi connectivity index (χ0) is 22.0. The molecule has 0 bridgehead atoms. The molecule has 5 nitrogen and oxygen atoms in total. The van der Waals surface area contributed by atoms with Crippen LogP contribution < -0.4 is 5.32 Å². The van der Waals surface area contributed by atoms with Gasteiger partial charge in [0.1, 0.15) is 5.82 Å². The third kappa shape index (κ3) is 4.23. The Balaban J connectivity index is 1.67. The van der Waals surface area contributed by atoms with Crippen LogP contribution in [-0.4, -0.2) is 20.7 Å². The molecular weight excluding hydrogens is 411 g/mol. The summed E-state index contributed by atoms with van der Waals surface area (Å²) >= 11 is 1.41. The number of hydrogen-bond acceptors (Lipinski definition) is 4. The maximum atomic E-state index is 13.3. The van der Waals surface area contributed by atoms with Gasteiger partial charge in [0.05, 0.1) is 22.8 Å². The van der Waals surface area contributed by atoms with Crippen molar-refractivity contribution >= 4 is 33.3 Å². The van der Waals surface area contributed by atoms with E-state index in [1.54, 1.807) is 23.0 Å². The largest absolute Gasteiger partial charge is 0.301 e. The van der Waals surface area contributed by atoms with Gasteiger partial charge < -0.3 is 5.32 Å². The molecule has 0 aliphatic heterocycles. The van der Waals surface area contributed by atoms with E-state index in [4.69, 9.17) is 0 Å². The number of amides is 1. The highest BCUT2D eigenvalue weighted by Crippen LogP contribution is 2.41. The van der Waals surface area contributed by atoms with Crippen LogP contribution in [0.2, 0.25) is 0 Å².